The van der Waals surface area contributed by atoms with E-state index in [-0.39, 0.29) is 0 Å². The van der Waals surface area contributed by atoms with Gasteiger partial charge in [-0.3, -0.25) is 4.90 Å². The SMILES string of the molecule is Clc1c(N(c2nc3c(ccc4c5ccccc5n(-c5ccccc5)c43)[nH]2)c2cccc3cccc(Br)c23)ccc2c1oc1ccccc12. The Balaban J connectivity index is 1.30. The third-order valence-corrected chi connectivity index (χ3v) is 10.3. The van der Waals surface area contributed by atoms with Crippen LogP contribution in [0.5, 0.6) is 0 Å². The van der Waals surface area contributed by atoms with Crippen LogP contribution in [0.4, 0.5) is 17.3 Å². The lowest BCUT2D eigenvalue weighted by Crippen LogP contribution is -2.13. The molecule has 10 rings (SSSR count). The van der Waals surface area contributed by atoms with Crippen molar-refractivity contribution in [2.45, 2.75) is 0 Å². The first-order valence-corrected chi connectivity index (χ1v) is 16.9. The number of imidazole rings is 1. The number of anilines is 3. The molecule has 0 aliphatic carbocycles. The summed E-state index contributed by atoms with van der Waals surface area (Å²) < 4.78 is 9.66. The number of halogens is 2. The average molecular weight is 704 g/mol. The summed E-state index contributed by atoms with van der Waals surface area (Å²) in [6.45, 7) is 0. The van der Waals surface area contributed by atoms with E-state index in [1.165, 1.54) is 5.39 Å². The normalized spacial score (nSPS) is 12.0. The molecule has 1 N–H and O–H groups in total. The Hall–Kier alpha value is -5.56. The summed E-state index contributed by atoms with van der Waals surface area (Å²) in [6.07, 6.45) is 0. The fourth-order valence-electron chi connectivity index (χ4n) is 7.20. The van der Waals surface area contributed by atoms with Gasteiger partial charge in [-0.05, 0) is 66.0 Å². The van der Waals surface area contributed by atoms with Crippen LogP contribution >= 0.6 is 27.5 Å². The maximum Gasteiger partial charge on any atom is 0.213 e. The quantitative estimate of drug-likeness (QED) is 0.198. The number of nitrogens with one attached hydrogen (secondary N) is 1. The van der Waals surface area contributed by atoms with Crippen LogP contribution < -0.4 is 4.90 Å². The highest BCUT2D eigenvalue weighted by molar-refractivity contribution is 9.10. The van der Waals surface area contributed by atoms with Crippen molar-refractivity contribution >= 4 is 110 Å². The molecule has 10 aromatic rings. The Morgan fingerprint density at radius 3 is 2.29 bits per heavy atom. The number of aromatic amines is 1. The van der Waals surface area contributed by atoms with Crippen LogP contribution in [0, 0.1) is 0 Å². The minimum Gasteiger partial charge on any atom is -0.454 e. The third kappa shape index (κ3) is 3.93. The Bertz CT molecular complexity index is 2880. The number of rotatable bonds is 4. The number of hydrogen-bond acceptors (Lipinski definition) is 3. The van der Waals surface area contributed by atoms with Crippen LogP contribution in [0.15, 0.2) is 148 Å². The highest BCUT2D eigenvalue weighted by Gasteiger charge is 2.26. The maximum atomic E-state index is 7.36. The molecule has 0 unspecified atom stereocenters. The van der Waals surface area contributed by atoms with Gasteiger partial charge in [-0.25, -0.2) is 4.98 Å². The van der Waals surface area contributed by atoms with Crippen molar-refractivity contribution in [2.75, 3.05) is 4.90 Å². The zero-order valence-corrected chi connectivity index (χ0v) is 27.6. The average Bonchev–Trinajstić information content (AvgIpc) is 3.82. The van der Waals surface area contributed by atoms with Gasteiger partial charge in [0.15, 0.2) is 5.58 Å². The van der Waals surface area contributed by atoms with Gasteiger partial charge in [0.2, 0.25) is 5.95 Å². The first-order chi connectivity index (χ1) is 23.7. The number of furan rings is 1. The van der Waals surface area contributed by atoms with Crippen molar-refractivity contribution in [3.05, 3.63) is 149 Å². The highest BCUT2D eigenvalue weighted by atomic mass is 79.9. The van der Waals surface area contributed by atoms with Crippen LogP contribution in [0.3, 0.4) is 0 Å². The van der Waals surface area contributed by atoms with E-state index < -0.39 is 0 Å². The Morgan fingerprint density at radius 2 is 1.42 bits per heavy atom. The number of fused-ring (bicyclic) bond motifs is 9. The molecule has 0 bridgehead atoms. The Labute approximate surface area is 287 Å². The fourth-order valence-corrected chi connectivity index (χ4v) is 8.07. The highest BCUT2D eigenvalue weighted by Crippen LogP contribution is 2.47. The van der Waals surface area contributed by atoms with Crippen LogP contribution in [-0.2, 0) is 0 Å². The van der Waals surface area contributed by atoms with Crippen molar-refractivity contribution in [1.29, 1.82) is 0 Å². The second-order valence-corrected chi connectivity index (χ2v) is 13.2. The molecule has 48 heavy (non-hydrogen) atoms. The molecule has 5 nitrogen and oxygen atoms in total. The number of aromatic nitrogens is 3. The number of para-hydroxylation sites is 3. The van der Waals surface area contributed by atoms with E-state index in [4.69, 9.17) is 21.0 Å². The molecular weight excluding hydrogens is 680 g/mol. The van der Waals surface area contributed by atoms with Gasteiger partial charge in [-0.1, -0.05) is 106 Å². The minimum atomic E-state index is 0.511. The molecule has 0 atom stereocenters. The number of H-pyrrole nitrogens is 1. The number of nitrogens with zero attached hydrogens (tertiary/aromatic N) is 3. The molecule has 0 radical (unpaired) electrons. The van der Waals surface area contributed by atoms with E-state index in [2.05, 4.69) is 140 Å². The molecule has 0 saturated carbocycles. The van der Waals surface area contributed by atoms with Gasteiger partial charge in [0.25, 0.3) is 0 Å². The summed E-state index contributed by atoms with van der Waals surface area (Å²) in [4.78, 5) is 11.2. The van der Waals surface area contributed by atoms with Gasteiger partial charge < -0.3 is 14.0 Å². The first-order valence-electron chi connectivity index (χ1n) is 15.7. The second-order valence-electron chi connectivity index (χ2n) is 11.9. The topological polar surface area (TPSA) is 50.0 Å². The molecule has 0 spiro atoms. The van der Waals surface area contributed by atoms with Crippen LogP contribution in [0.25, 0.3) is 71.2 Å². The molecule has 7 heteroatoms. The molecule has 3 heterocycles. The van der Waals surface area contributed by atoms with Crippen molar-refractivity contribution < 1.29 is 4.42 Å². The van der Waals surface area contributed by atoms with Crippen LogP contribution in [0.1, 0.15) is 0 Å². The largest absolute Gasteiger partial charge is 0.454 e. The van der Waals surface area contributed by atoms with Gasteiger partial charge >= 0.3 is 0 Å². The van der Waals surface area contributed by atoms with Gasteiger partial charge in [-0.15, -0.1) is 0 Å². The molecule has 0 amide bonds. The summed E-state index contributed by atoms with van der Waals surface area (Å²) in [5.41, 5.74) is 8.16. The Morgan fingerprint density at radius 1 is 0.667 bits per heavy atom. The summed E-state index contributed by atoms with van der Waals surface area (Å²) in [6, 6.07) is 48.0. The van der Waals surface area contributed by atoms with Gasteiger partial charge in [0, 0.05) is 37.1 Å². The predicted octanol–water partition coefficient (Wildman–Crippen LogP) is 12.6. The molecule has 0 aliphatic heterocycles. The zero-order chi connectivity index (χ0) is 31.9. The summed E-state index contributed by atoms with van der Waals surface area (Å²) in [5, 5.41) is 6.96. The predicted molar refractivity (Wildman–Crippen MR) is 203 cm³/mol. The van der Waals surface area contributed by atoms with Crippen LogP contribution in [-0.4, -0.2) is 14.5 Å². The van der Waals surface area contributed by atoms with E-state index >= 15 is 0 Å². The molecule has 0 fully saturated rings. The van der Waals surface area contributed by atoms with Crippen LogP contribution in [0.2, 0.25) is 5.02 Å². The van der Waals surface area contributed by atoms with Crippen molar-refractivity contribution in [3.8, 4) is 5.69 Å². The minimum absolute atomic E-state index is 0.511. The van der Waals surface area contributed by atoms with E-state index in [9.17, 15) is 0 Å². The zero-order valence-electron chi connectivity index (χ0n) is 25.3. The first kappa shape index (κ1) is 27.5. The van der Waals surface area contributed by atoms with Crippen molar-refractivity contribution in [3.63, 3.8) is 0 Å². The summed E-state index contributed by atoms with van der Waals surface area (Å²) in [7, 11) is 0. The van der Waals surface area contributed by atoms with Gasteiger partial charge in [-0.2, -0.15) is 0 Å². The molecule has 0 aliphatic rings. The summed E-state index contributed by atoms with van der Waals surface area (Å²) >= 11 is 11.2. The summed E-state index contributed by atoms with van der Waals surface area (Å²) in [5.74, 6) is 0.642. The van der Waals surface area contributed by atoms with Crippen molar-refractivity contribution in [2.24, 2.45) is 0 Å². The van der Waals surface area contributed by atoms with Gasteiger partial charge in [0.05, 0.1) is 27.9 Å². The lowest BCUT2D eigenvalue weighted by molar-refractivity contribution is 0.669. The number of hydrogen-bond donors (Lipinski definition) is 1. The lowest BCUT2D eigenvalue weighted by Gasteiger charge is -2.25. The number of benzene rings is 7. The molecule has 3 aromatic heterocycles. The molecule has 0 saturated heterocycles. The van der Waals surface area contributed by atoms with Gasteiger partial charge in [0.1, 0.15) is 16.1 Å². The Kier molecular flexibility index (Phi) is 6.01. The second kappa shape index (κ2) is 10.5. The molecular formula is C41H24BrClN4O. The van der Waals surface area contributed by atoms with E-state index in [0.29, 0.717) is 16.6 Å². The van der Waals surface area contributed by atoms with E-state index in [0.717, 1.165) is 76.1 Å². The standard InChI is InChI=1S/C41H24BrClN4O/c42-30-16-8-10-24-11-9-18-33(36(24)30)47(34-23-21-29-27-15-5-7-19-35(27)48-40(29)37(34)43)41-44-31-22-20-28-26-14-4-6-17-32(26)46(39(28)38(31)45-41)25-12-2-1-3-13-25/h1-23H,(H,44,45). The fraction of sp³-hybridized carbons (Fsp3) is 0. The maximum absolute atomic E-state index is 7.36. The lowest BCUT2D eigenvalue weighted by atomic mass is 10.1. The third-order valence-electron chi connectivity index (χ3n) is 9.28. The van der Waals surface area contributed by atoms with E-state index in [1.807, 2.05) is 30.3 Å². The van der Waals surface area contributed by atoms with E-state index in [1.54, 1.807) is 0 Å². The monoisotopic (exact) mass is 702 g/mol. The van der Waals surface area contributed by atoms with Crippen molar-refractivity contribution in [1.82, 2.24) is 14.5 Å². The molecule has 228 valence electrons. The molecule has 7 aromatic carbocycles. The smallest absolute Gasteiger partial charge is 0.213 e.